The van der Waals surface area contributed by atoms with E-state index in [1.54, 1.807) is 7.11 Å². The SMILES string of the molecule is C#C/C(=N\OC)C1C[N@@]2CCC1C2. The van der Waals surface area contributed by atoms with Gasteiger partial charge in [-0.05, 0) is 18.9 Å². The number of fused-ring (bicyclic) bond motifs is 2. The van der Waals surface area contributed by atoms with E-state index in [1.165, 1.54) is 19.5 Å². The van der Waals surface area contributed by atoms with Crippen LogP contribution in [0.5, 0.6) is 0 Å². The summed E-state index contributed by atoms with van der Waals surface area (Å²) in [5, 5.41) is 3.90. The highest BCUT2D eigenvalue weighted by molar-refractivity contribution is 6.01. The third-order valence-electron chi connectivity index (χ3n) is 3.02. The molecule has 0 spiro atoms. The Morgan fingerprint density at radius 1 is 1.62 bits per heavy atom. The normalized spacial score (nSPS) is 37.5. The zero-order valence-electron chi connectivity index (χ0n) is 7.86. The van der Waals surface area contributed by atoms with Gasteiger partial charge in [-0.25, -0.2) is 0 Å². The fourth-order valence-corrected chi connectivity index (χ4v) is 2.39. The highest BCUT2D eigenvalue weighted by Gasteiger charge is 2.40. The Morgan fingerprint density at radius 2 is 2.46 bits per heavy atom. The largest absolute Gasteiger partial charge is 0.398 e. The van der Waals surface area contributed by atoms with Crippen molar-refractivity contribution in [2.75, 3.05) is 26.7 Å². The molecular weight excluding hydrogens is 164 g/mol. The lowest BCUT2D eigenvalue weighted by molar-refractivity contribution is 0.209. The zero-order valence-corrected chi connectivity index (χ0v) is 7.86. The summed E-state index contributed by atoms with van der Waals surface area (Å²) in [6, 6.07) is 0. The van der Waals surface area contributed by atoms with E-state index in [1.807, 2.05) is 0 Å². The van der Waals surface area contributed by atoms with E-state index in [-0.39, 0.29) is 0 Å². The van der Waals surface area contributed by atoms with Crippen molar-refractivity contribution in [3.8, 4) is 12.3 Å². The first-order valence-corrected chi connectivity index (χ1v) is 4.65. The molecule has 2 fully saturated rings. The molecule has 3 atom stereocenters. The summed E-state index contributed by atoms with van der Waals surface area (Å²) < 4.78 is 0. The molecule has 2 saturated heterocycles. The van der Waals surface area contributed by atoms with Gasteiger partial charge in [-0.2, -0.15) is 0 Å². The van der Waals surface area contributed by atoms with Gasteiger partial charge in [0.1, 0.15) is 12.8 Å². The van der Waals surface area contributed by atoms with Crippen molar-refractivity contribution >= 4 is 5.71 Å². The molecule has 3 heteroatoms. The molecule has 0 N–H and O–H groups in total. The summed E-state index contributed by atoms with van der Waals surface area (Å²) in [6.07, 6.45) is 6.65. The third kappa shape index (κ3) is 1.42. The van der Waals surface area contributed by atoms with E-state index in [4.69, 9.17) is 11.3 Å². The smallest absolute Gasteiger partial charge is 0.134 e. The predicted octanol–water partition coefficient (Wildman–Crippen LogP) is 0.574. The Labute approximate surface area is 78.7 Å². The number of rotatable bonds is 2. The van der Waals surface area contributed by atoms with Crippen molar-refractivity contribution in [1.29, 1.82) is 0 Å². The molecule has 0 aromatic carbocycles. The Morgan fingerprint density at radius 3 is 2.92 bits per heavy atom. The van der Waals surface area contributed by atoms with Gasteiger partial charge in [-0.1, -0.05) is 11.1 Å². The molecule has 0 aromatic heterocycles. The lowest BCUT2D eigenvalue weighted by atomic mass is 9.89. The highest BCUT2D eigenvalue weighted by atomic mass is 16.6. The van der Waals surface area contributed by atoms with Crippen LogP contribution >= 0.6 is 0 Å². The summed E-state index contributed by atoms with van der Waals surface area (Å²) in [5.41, 5.74) is 0.787. The zero-order chi connectivity index (χ0) is 9.26. The minimum Gasteiger partial charge on any atom is -0.398 e. The lowest BCUT2D eigenvalue weighted by Crippen LogP contribution is -2.28. The molecule has 0 saturated carbocycles. The second-order valence-electron chi connectivity index (χ2n) is 3.72. The van der Waals surface area contributed by atoms with Crippen molar-refractivity contribution in [2.24, 2.45) is 17.0 Å². The van der Waals surface area contributed by atoms with E-state index in [0.717, 1.165) is 12.3 Å². The summed E-state index contributed by atoms with van der Waals surface area (Å²) in [5.74, 6) is 3.78. The predicted molar refractivity (Wildman–Crippen MR) is 51.3 cm³/mol. The topological polar surface area (TPSA) is 24.8 Å². The second-order valence-corrected chi connectivity index (χ2v) is 3.72. The number of hydrogen-bond acceptors (Lipinski definition) is 3. The Kier molecular flexibility index (Phi) is 2.24. The Hall–Kier alpha value is -1.01. The van der Waals surface area contributed by atoms with Crippen LogP contribution in [-0.4, -0.2) is 37.4 Å². The summed E-state index contributed by atoms with van der Waals surface area (Å²) in [4.78, 5) is 7.18. The number of terminal acetylenes is 1. The fraction of sp³-hybridized carbons (Fsp3) is 0.700. The van der Waals surface area contributed by atoms with Crippen LogP contribution in [0.3, 0.4) is 0 Å². The number of nitrogens with zero attached hydrogens (tertiary/aromatic N) is 2. The molecule has 2 aliphatic rings. The van der Waals surface area contributed by atoms with Crippen LogP contribution in [0.25, 0.3) is 0 Å². The van der Waals surface area contributed by atoms with Crippen LogP contribution in [0.1, 0.15) is 6.42 Å². The Balaban J connectivity index is 2.09. The first-order chi connectivity index (χ1) is 6.35. The average Bonchev–Trinajstić information content (AvgIpc) is 2.74. The van der Waals surface area contributed by atoms with Gasteiger partial charge in [-0.3, -0.25) is 0 Å². The van der Waals surface area contributed by atoms with Gasteiger partial charge in [0.05, 0.1) is 0 Å². The molecule has 0 amide bonds. The van der Waals surface area contributed by atoms with Gasteiger partial charge >= 0.3 is 0 Å². The first-order valence-electron chi connectivity index (χ1n) is 4.65. The molecule has 2 heterocycles. The molecule has 70 valence electrons. The number of piperidine rings is 1. The molecule has 3 nitrogen and oxygen atoms in total. The maximum absolute atomic E-state index is 5.39. The van der Waals surface area contributed by atoms with Crippen molar-refractivity contribution in [3.63, 3.8) is 0 Å². The van der Waals surface area contributed by atoms with Crippen LogP contribution in [0, 0.1) is 24.2 Å². The number of oxime groups is 1. The summed E-state index contributed by atoms with van der Waals surface area (Å²) in [7, 11) is 1.55. The monoisotopic (exact) mass is 178 g/mol. The maximum Gasteiger partial charge on any atom is 0.134 e. The van der Waals surface area contributed by atoms with Crippen molar-refractivity contribution in [3.05, 3.63) is 0 Å². The molecule has 0 aliphatic carbocycles. The van der Waals surface area contributed by atoms with E-state index < -0.39 is 0 Å². The molecule has 2 rings (SSSR count). The van der Waals surface area contributed by atoms with Crippen molar-refractivity contribution in [2.45, 2.75) is 6.42 Å². The van der Waals surface area contributed by atoms with Gasteiger partial charge in [0.15, 0.2) is 0 Å². The van der Waals surface area contributed by atoms with Gasteiger partial charge < -0.3 is 9.74 Å². The van der Waals surface area contributed by atoms with E-state index in [9.17, 15) is 0 Å². The molecule has 2 aliphatic heterocycles. The van der Waals surface area contributed by atoms with E-state index >= 15 is 0 Å². The Bertz CT molecular complexity index is 267. The van der Waals surface area contributed by atoms with Crippen LogP contribution in [-0.2, 0) is 4.84 Å². The van der Waals surface area contributed by atoms with Gasteiger partial charge in [0.25, 0.3) is 0 Å². The third-order valence-corrected chi connectivity index (χ3v) is 3.02. The molecule has 13 heavy (non-hydrogen) atoms. The summed E-state index contributed by atoms with van der Waals surface area (Å²) in [6.45, 7) is 3.48. The molecule has 0 aromatic rings. The van der Waals surface area contributed by atoms with Crippen molar-refractivity contribution < 1.29 is 4.84 Å². The van der Waals surface area contributed by atoms with Crippen LogP contribution in [0.2, 0.25) is 0 Å². The quantitative estimate of drug-likeness (QED) is 0.351. The second kappa shape index (κ2) is 3.39. The molecule has 2 unspecified atom stereocenters. The minimum absolute atomic E-state index is 0.443. The van der Waals surface area contributed by atoms with Crippen LogP contribution < -0.4 is 0 Å². The number of hydrogen-bond donors (Lipinski definition) is 0. The van der Waals surface area contributed by atoms with E-state index in [0.29, 0.717) is 11.8 Å². The average molecular weight is 178 g/mol. The van der Waals surface area contributed by atoms with Gasteiger partial charge in [0, 0.05) is 19.0 Å². The molecule has 2 bridgehead atoms. The van der Waals surface area contributed by atoms with Gasteiger partial charge in [0.2, 0.25) is 0 Å². The first kappa shape index (κ1) is 8.58. The maximum atomic E-state index is 5.39. The minimum atomic E-state index is 0.443. The van der Waals surface area contributed by atoms with Crippen molar-refractivity contribution in [1.82, 2.24) is 4.90 Å². The van der Waals surface area contributed by atoms with Crippen LogP contribution in [0.15, 0.2) is 5.16 Å². The fourth-order valence-electron chi connectivity index (χ4n) is 2.39. The molecule has 0 radical (unpaired) electrons. The lowest BCUT2D eigenvalue weighted by Gasteiger charge is -2.20. The highest BCUT2D eigenvalue weighted by Crippen LogP contribution is 2.33. The van der Waals surface area contributed by atoms with Crippen LogP contribution in [0.4, 0.5) is 0 Å². The van der Waals surface area contributed by atoms with Gasteiger partial charge in [-0.15, -0.1) is 6.42 Å². The standard InChI is InChI=1S/C10H14N2O/c1-3-10(11-13-2)9-7-12-5-4-8(9)6-12/h1,8-9H,4-7H2,2H3/b11-10+. The molecular formula is C10H14N2O. The summed E-state index contributed by atoms with van der Waals surface area (Å²) >= 11 is 0. The van der Waals surface area contributed by atoms with E-state index in [2.05, 4.69) is 16.0 Å².